The van der Waals surface area contributed by atoms with Gasteiger partial charge in [-0.05, 0) is 64.2 Å². The van der Waals surface area contributed by atoms with Crippen molar-refractivity contribution in [3.8, 4) is 0 Å². The molecule has 0 saturated heterocycles. The number of aliphatic carboxylic acids is 1. The van der Waals surface area contributed by atoms with E-state index in [1.807, 2.05) is 21.1 Å². The molecule has 0 spiro atoms. The Morgan fingerprint density at radius 1 is 0.373 bits per heavy atom. The summed E-state index contributed by atoms with van der Waals surface area (Å²) in [6.45, 7) is 4.81. The van der Waals surface area contributed by atoms with Gasteiger partial charge in [0.25, 0.3) is 6.29 Å². The molecule has 0 aromatic heterocycles. The number of allylic oxidation sites excluding steroid dienone is 12. The number of hydrogen-bond donors (Lipinski definition) is 1. The second-order valence-corrected chi connectivity index (χ2v) is 24.8. The van der Waals surface area contributed by atoms with Crippen molar-refractivity contribution in [3.05, 3.63) is 72.9 Å². The van der Waals surface area contributed by atoms with Crippen LogP contribution in [0.3, 0.4) is 0 Å². The molecule has 0 fully saturated rings. The van der Waals surface area contributed by atoms with Gasteiger partial charge in [0.1, 0.15) is 13.2 Å². The zero-order chi connectivity index (χ0) is 60.5. The van der Waals surface area contributed by atoms with Gasteiger partial charge >= 0.3 is 17.9 Å². The fraction of sp³-hybridized carbons (Fsp3) is 0.797. The highest BCUT2D eigenvalue weighted by Gasteiger charge is 2.25. The van der Waals surface area contributed by atoms with E-state index in [1.165, 1.54) is 218 Å². The Kier molecular flexibility index (Phi) is 62.2. The molecule has 0 aromatic rings. The van der Waals surface area contributed by atoms with Crippen molar-refractivity contribution in [3.63, 3.8) is 0 Å². The maximum Gasteiger partial charge on any atom is 0.361 e. The summed E-state index contributed by atoms with van der Waals surface area (Å²) in [5.74, 6) is -1.98. The zero-order valence-corrected chi connectivity index (χ0v) is 55.1. The van der Waals surface area contributed by atoms with Gasteiger partial charge in [0, 0.05) is 12.8 Å². The number of esters is 2. The molecule has 0 rings (SSSR count). The van der Waals surface area contributed by atoms with E-state index >= 15 is 0 Å². The van der Waals surface area contributed by atoms with E-state index in [1.54, 1.807) is 0 Å². The highest BCUT2D eigenvalue weighted by Crippen LogP contribution is 2.18. The van der Waals surface area contributed by atoms with Gasteiger partial charge in [0.2, 0.25) is 0 Å². The van der Waals surface area contributed by atoms with Crippen molar-refractivity contribution < 1.29 is 42.9 Å². The maximum atomic E-state index is 12.9. The lowest BCUT2D eigenvalue weighted by atomic mass is 10.0. The predicted molar refractivity (Wildman–Crippen MR) is 355 cm³/mol. The lowest BCUT2D eigenvalue weighted by molar-refractivity contribution is -0.870. The third-order valence-electron chi connectivity index (χ3n) is 15.5. The molecule has 9 heteroatoms. The van der Waals surface area contributed by atoms with Crippen LogP contribution in [0.15, 0.2) is 72.9 Å². The van der Waals surface area contributed by atoms with Crippen molar-refractivity contribution in [2.24, 2.45) is 0 Å². The van der Waals surface area contributed by atoms with Crippen molar-refractivity contribution in [1.29, 1.82) is 0 Å². The van der Waals surface area contributed by atoms with Crippen LogP contribution in [0.4, 0.5) is 0 Å². The van der Waals surface area contributed by atoms with Crippen LogP contribution >= 0.6 is 0 Å². The van der Waals surface area contributed by atoms with Gasteiger partial charge in [0.05, 0.1) is 34.4 Å². The van der Waals surface area contributed by atoms with E-state index in [0.717, 1.165) is 77.0 Å². The van der Waals surface area contributed by atoms with Crippen LogP contribution in [0.25, 0.3) is 0 Å². The highest BCUT2D eigenvalue weighted by molar-refractivity contribution is 5.71. The normalized spacial score (nSPS) is 13.1. The van der Waals surface area contributed by atoms with E-state index in [4.69, 9.17) is 18.9 Å². The summed E-state index contributed by atoms with van der Waals surface area (Å²) in [6, 6.07) is 0. The Balaban J connectivity index is 3.96. The quantitative estimate of drug-likeness (QED) is 0.0211. The first kappa shape index (κ1) is 79.7. The average Bonchev–Trinajstić information content (AvgIpc) is 3.46. The first-order chi connectivity index (χ1) is 40.6. The number of nitrogens with zero attached hydrogens (tertiary/aromatic N) is 1. The molecule has 0 saturated carbocycles. The standard InChI is InChI=1S/C74H133NO8/c1-6-8-10-12-14-16-18-20-22-24-25-26-27-28-29-30-31-32-33-34-35-36-37-38-39-40-41-42-43-44-45-46-47-49-51-53-55-57-59-61-63-65-72(77)83-70(69-82-74(73(78)79)80-67-66-75(3,4)5)68-81-71(76)64-62-60-58-56-54-52-50-48-23-21-19-17-15-13-11-9-7-2/h8,10,14,16,20,22,25-26,28-29,31-32,70,74H,6-7,9,11-13,15,17-19,21,23-24,27,30,33-69H2,1-5H3/p+1/b10-8-,16-14-,22-20-,26-25-,29-28-,32-31-. The number of carbonyl (C=O) groups excluding carboxylic acids is 2. The highest BCUT2D eigenvalue weighted by atomic mass is 16.7. The molecule has 0 bridgehead atoms. The first-order valence-electron chi connectivity index (χ1n) is 35.1. The Hall–Kier alpha value is -3.27. The van der Waals surface area contributed by atoms with Crippen LogP contribution < -0.4 is 0 Å². The molecule has 0 heterocycles. The topological polar surface area (TPSA) is 108 Å². The van der Waals surface area contributed by atoms with Crippen LogP contribution in [0, 0.1) is 0 Å². The van der Waals surface area contributed by atoms with Gasteiger partial charge in [-0.3, -0.25) is 9.59 Å². The lowest BCUT2D eigenvalue weighted by Gasteiger charge is -2.25. The third kappa shape index (κ3) is 66.1. The molecule has 0 amide bonds. The number of hydrogen-bond acceptors (Lipinski definition) is 7. The molecule has 0 aromatic carbocycles. The minimum Gasteiger partial charge on any atom is -0.477 e. The number of carboxylic acids is 1. The van der Waals surface area contributed by atoms with Crippen LogP contribution in [0.1, 0.15) is 322 Å². The van der Waals surface area contributed by atoms with Crippen LogP contribution in [0.5, 0.6) is 0 Å². The Bertz CT molecular complexity index is 1590. The SMILES string of the molecule is CC/C=C\C/C=C\C/C=C\C/C=C\C/C=C\C/C=C\CCCCCCCCCCCCCCCCCCCCCCCCC(=O)OC(COC(=O)CCCCCCCCCCCCCCCCCCC)COC(OCC[N+](C)(C)C)C(=O)O. The van der Waals surface area contributed by atoms with Crippen LogP contribution in [-0.2, 0) is 33.3 Å². The van der Waals surface area contributed by atoms with Crippen LogP contribution in [-0.4, -0.2) is 87.4 Å². The predicted octanol–water partition coefficient (Wildman–Crippen LogP) is 21.7. The Morgan fingerprint density at radius 3 is 1.02 bits per heavy atom. The molecule has 9 nitrogen and oxygen atoms in total. The van der Waals surface area contributed by atoms with Crippen molar-refractivity contribution >= 4 is 17.9 Å². The molecule has 1 N–H and O–H groups in total. The molecule has 0 aliphatic carbocycles. The smallest absolute Gasteiger partial charge is 0.361 e. The summed E-state index contributed by atoms with van der Waals surface area (Å²) in [6.07, 6.45) is 83.1. The molecular formula is C74H134NO8+. The van der Waals surface area contributed by atoms with E-state index in [0.29, 0.717) is 17.4 Å². The number of quaternary nitrogens is 1. The Morgan fingerprint density at radius 2 is 0.687 bits per heavy atom. The fourth-order valence-electron chi connectivity index (χ4n) is 10.1. The summed E-state index contributed by atoms with van der Waals surface area (Å²) in [7, 11) is 5.98. The number of ether oxygens (including phenoxy) is 4. The summed E-state index contributed by atoms with van der Waals surface area (Å²) in [5, 5.41) is 9.73. The van der Waals surface area contributed by atoms with Crippen molar-refractivity contribution in [2.45, 2.75) is 334 Å². The number of carboxylic acid groups (broad SMARTS) is 1. The number of unbranched alkanes of at least 4 members (excludes halogenated alkanes) is 38. The summed E-state index contributed by atoms with van der Waals surface area (Å²) in [5.41, 5.74) is 0. The van der Waals surface area contributed by atoms with Crippen molar-refractivity contribution in [2.75, 3.05) is 47.5 Å². The minimum absolute atomic E-state index is 0.177. The first-order valence-corrected chi connectivity index (χ1v) is 35.1. The van der Waals surface area contributed by atoms with Gasteiger partial charge in [-0.25, -0.2) is 4.79 Å². The molecule has 0 aliphatic heterocycles. The van der Waals surface area contributed by atoms with Gasteiger partial charge in [-0.1, -0.05) is 318 Å². The van der Waals surface area contributed by atoms with Gasteiger partial charge in [0.15, 0.2) is 6.10 Å². The van der Waals surface area contributed by atoms with E-state index in [-0.39, 0.29) is 38.2 Å². The van der Waals surface area contributed by atoms with E-state index in [9.17, 15) is 19.5 Å². The Labute approximate surface area is 513 Å². The summed E-state index contributed by atoms with van der Waals surface area (Å²) in [4.78, 5) is 37.5. The lowest BCUT2D eigenvalue weighted by Crippen LogP contribution is -2.40. The third-order valence-corrected chi connectivity index (χ3v) is 15.5. The molecule has 83 heavy (non-hydrogen) atoms. The molecule has 2 unspecified atom stereocenters. The van der Waals surface area contributed by atoms with E-state index in [2.05, 4.69) is 86.8 Å². The van der Waals surface area contributed by atoms with Crippen LogP contribution in [0.2, 0.25) is 0 Å². The molecular weight excluding hydrogens is 1030 g/mol. The van der Waals surface area contributed by atoms with Gasteiger partial charge < -0.3 is 28.5 Å². The van der Waals surface area contributed by atoms with Gasteiger partial charge in [-0.15, -0.1) is 0 Å². The number of likely N-dealkylation sites (N-methyl/N-ethyl adjacent to an activating group) is 1. The fourth-order valence-corrected chi connectivity index (χ4v) is 10.1. The summed E-state index contributed by atoms with van der Waals surface area (Å²) < 4.78 is 23.0. The molecule has 482 valence electrons. The zero-order valence-electron chi connectivity index (χ0n) is 55.1. The second kappa shape index (κ2) is 64.7. The monoisotopic (exact) mass is 1170 g/mol. The second-order valence-electron chi connectivity index (χ2n) is 24.8. The minimum atomic E-state index is -1.51. The molecule has 0 aliphatic rings. The molecule has 0 radical (unpaired) electrons. The number of rotatable bonds is 65. The van der Waals surface area contributed by atoms with Crippen molar-refractivity contribution in [1.82, 2.24) is 0 Å². The number of carbonyl (C=O) groups is 3. The maximum absolute atomic E-state index is 12.9. The van der Waals surface area contributed by atoms with E-state index < -0.39 is 18.4 Å². The summed E-state index contributed by atoms with van der Waals surface area (Å²) >= 11 is 0. The molecule has 2 atom stereocenters. The average molecular weight is 1170 g/mol. The largest absolute Gasteiger partial charge is 0.477 e. The van der Waals surface area contributed by atoms with Gasteiger partial charge in [-0.2, -0.15) is 0 Å².